The number of carbonyl (C=O) groups excluding carboxylic acids is 1. The molecule has 1 aromatic rings. The van der Waals surface area contributed by atoms with E-state index >= 15 is 0 Å². The highest BCUT2D eigenvalue weighted by Crippen LogP contribution is 2.31. The van der Waals surface area contributed by atoms with Crippen molar-refractivity contribution in [3.8, 4) is 5.75 Å². The van der Waals surface area contributed by atoms with Gasteiger partial charge in [0.1, 0.15) is 18.2 Å². The number of nitrogens with zero attached hydrogens (tertiary/aromatic N) is 1. The van der Waals surface area contributed by atoms with Gasteiger partial charge in [0.2, 0.25) is 5.91 Å². The predicted molar refractivity (Wildman–Crippen MR) is 92.3 cm³/mol. The molecule has 8 heteroatoms. The van der Waals surface area contributed by atoms with Gasteiger partial charge >= 0.3 is 0 Å². The van der Waals surface area contributed by atoms with Gasteiger partial charge in [0.05, 0.1) is 11.2 Å². The number of hydrogen-bond acceptors (Lipinski definition) is 5. The van der Waals surface area contributed by atoms with Gasteiger partial charge in [-0.25, -0.2) is 12.8 Å². The second-order valence-electron chi connectivity index (χ2n) is 6.91. The SMILES string of the molecule is CC1(C)CC(=O)N(CS(=O)(=O)c2ccc(OCC(=CF)CN)cc2)C1. The summed E-state index contributed by atoms with van der Waals surface area (Å²) in [6, 6.07) is 5.82. The van der Waals surface area contributed by atoms with Crippen molar-refractivity contribution < 1.29 is 22.3 Å². The molecule has 1 aliphatic heterocycles. The van der Waals surface area contributed by atoms with Crippen LogP contribution in [-0.4, -0.2) is 44.8 Å². The van der Waals surface area contributed by atoms with Crippen LogP contribution in [0.3, 0.4) is 0 Å². The summed E-state index contributed by atoms with van der Waals surface area (Å²) in [6.45, 7) is 4.33. The minimum atomic E-state index is -3.63. The Labute approximate surface area is 147 Å². The fourth-order valence-electron chi connectivity index (χ4n) is 2.63. The quantitative estimate of drug-likeness (QED) is 0.791. The molecule has 6 nitrogen and oxygen atoms in total. The zero-order chi connectivity index (χ0) is 18.7. The van der Waals surface area contributed by atoms with Crippen molar-refractivity contribution >= 4 is 15.7 Å². The molecule has 0 aliphatic carbocycles. The summed E-state index contributed by atoms with van der Waals surface area (Å²) in [5, 5.41) is 0. The molecule has 1 aliphatic rings. The van der Waals surface area contributed by atoms with Gasteiger partial charge in [-0.2, -0.15) is 0 Å². The summed E-state index contributed by atoms with van der Waals surface area (Å²) in [5.41, 5.74) is 5.42. The number of carbonyl (C=O) groups is 1. The summed E-state index contributed by atoms with van der Waals surface area (Å²) in [4.78, 5) is 13.4. The molecule has 0 aromatic heterocycles. The number of ether oxygens (including phenoxy) is 1. The standard InChI is InChI=1S/C17H23FN2O4S/c1-17(2)7-16(21)20(11-17)12-25(22,23)15-5-3-14(4-6-15)24-10-13(8-18)9-19/h3-6,8H,7,9-12,19H2,1-2H3. The molecule has 0 unspecified atom stereocenters. The highest BCUT2D eigenvalue weighted by Gasteiger charge is 2.37. The van der Waals surface area contributed by atoms with E-state index < -0.39 is 9.84 Å². The average molecular weight is 370 g/mol. The number of sulfone groups is 1. The molecule has 138 valence electrons. The van der Waals surface area contributed by atoms with Crippen molar-refractivity contribution in [3.05, 3.63) is 36.2 Å². The minimum absolute atomic E-state index is 0.00351. The molecule has 0 radical (unpaired) electrons. The first-order valence-corrected chi connectivity index (χ1v) is 9.54. The smallest absolute Gasteiger partial charge is 0.224 e. The van der Waals surface area contributed by atoms with Gasteiger partial charge in [-0.3, -0.25) is 4.79 Å². The van der Waals surface area contributed by atoms with E-state index in [0.717, 1.165) is 0 Å². The Morgan fingerprint density at radius 3 is 2.48 bits per heavy atom. The Bertz CT molecular complexity index is 757. The van der Waals surface area contributed by atoms with Gasteiger partial charge in [-0.15, -0.1) is 0 Å². The summed E-state index contributed by atoms with van der Waals surface area (Å²) in [6.07, 6.45) is 0.744. The lowest BCUT2D eigenvalue weighted by atomic mass is 9.93. The van der Waals surface area contributed by atoms with Crippen molar-refractivity contribution in [2.75, 3.05) is 25.6 Å². The maximum Gasteiger partial charge on any atom is 0.224 e. The number of amides is 1. The Balaban J connectivity index is 2.04. The van der Waals surface area contributed by atoms with Gasteiger partial charge in [-0.1, -0.05) is 13.8 Å². The summed E-state index contributed by atoms with van der Waals surface area (Å²) < 4.78 is 42.8. The van der Waals surface area contributed by atoms with Gasteiger partial charge < -0.3 is 15.4 Å². The van der Waals surface area contributed by atoms with Crippen molar-refractivity contribution in [1.82, 2.24) is 4.90 Å². The van der Waals surface area contributed by atoms with Gasteiger partial charge in [0, 0.05) is 25.1 Å². The normalized spacial score (nSPS) is 17.8. The maximum atomic E-state index is 12.5. The zero-order valence-electron chi connectivity index (χ0n) is 14.4. The molecule has 0 spiro atoms. The lowest BCUT2D eigenvalue weighted by Crippen LogP contribution is -2.32. The van der Waals surface area contributed by atoms with Crippen LogP contribution >= 0.6 is 0 Å². The molecule has 2 N–H and O–H groups in total. The molecular weight excluding hydrogens is 347 g/mol. The summed E-state index contributed by atoms with van der Waals surface area (Å²) in [5.74, 6) is -0.0804. The van der Waals surface area contributed by atoms with Gasteiger partial charge in [0.15, 0.2) is 9.84 Å². The second-order valence-corrected chi connectivity index (χ2v) is 8.87. The first-order chi connectivity index (χ1) is 11.7. The minimum Gasteiger partial charge on any atom is -0.489 e. The number of halogens is 1. The van der Waals surface area contributed by atoms with E-state index in [4.69, 9.17) is 10.5 Å². The van der Waals surface area contributed by atoms with E-state index in [2.05, 4.69) is 0 Å². The fourth-order valence-corrected chi connectivity index (χ4v) is 3.98. The Morgan fingerprint density at radius 2 is 2.00 bits per heavy atom. The van der Waals surface area contributed by atoms with Crippen LogP contribution in [0.15, 0.2) is 41.1 Å². The van der Waals surface area contributed by atoms with Crippen LogP contribution in [0.2, 0.25) is 0 Å². The van der Waals surface area contributed by atoms with Crippen LogP contribution in [0.25, 0.3) is 0 Å². The zero-order valence-corrected chi connectivity index (χ0v) is 15.2. The van der Waals surface area contributed by atoms with Crippen molar-refractivity contribution in [2.45, 2.75) is 25.2 Å². The first kappa shape index (κ1) is 19.4. The molecule has 0 bridgehead atoms. The molecule has 1 fully saturated rings. The van der Waals surface area contributed by atoms with Crippen LogP contribution in [0, 0.1) is 5.41 Å². The molecule has 0 saturated carbocycles. The van der Waals surface area contributed by atoms with E-state index in [1.165, 1.54) is 29.2 Å². The Hall–Kier alpha value is -1.93. The largest absolute Gasteiger partial charge is 0.489 e. The Morgan fingerprint density at radius 1 is 1.36 bits per heavy atom. The number of hydrogen-bond donors (Lipinski definition) is 1. The van der Waals surface area contributed by atoms with Crippen LogP contribution in [0.1, 0.15) is 20.3 Å². The van der Waals surface area contributed by atoms with Crippen LogP contribution in [0.5, 0.6) is 5.75 Å². The molecule has 1 aromatic carbocycles. The van der Waals surface area contributed by atoms with E-state index in [1.807, 2.05) is 13.8 Å². The number of benzene rings is 1. The van der Waals surface area contributed by atoms with Gasteiger partial charge in [-0.05, 0) is 29.7 Å². The third-order valence-electron chi connectivity index (χ3n) is 3.95. The molecule has 1 saturated heterocycles. The number of rotatable bonds is 7. The molecule has 1 heterocycles. The molecule has 25 heavy (non-hydrogen) atoms. The van der Waals surface area contributed by atoms with Crippen LogP contribution in [-0.2, 0) is 14.6 Å². The van der Waals surface area contributed by atoms with Crippen molar-refractivity contribution in [2.24, 2.45) is 11.1 Å². The van der Waals surface area contributed by atoms with Crippen LogP contribution in [0.4, 0.5) is 4.39 Å². The highest BCUT2D eigenvalue weighted by molar-refractivity contribution is 7.91. The highest BCUT2D eigenvalue weighted by atomic mass is 32.2. The lowest BCUT2D eigenvalue weighted by molar-refractivity contribution is -0.127. The summed E-state index contributed by atoms with van der Waals surface area (Å²) >= 11 is 0. The molecule has 1 amide bonds. The third-order valence-corrected chi connectivity index (χ3v) is 5.59. The third kappa shape index (κ3) is 5.02. The second kappa shape index (κ2) is 7.53. The molecule has 0 atom stereocenters. The number of nitrogens with two attached hydrogens (primary N) is 1. The van der Waals surface area contributed by atoms with E-state index in [0.29, 0.717) is 30.6 Å². The van der Waals surface area contributed by atoms with Gasteiger partial charge in [0.25, 0.3) is 0 Å². The van der Waals surface area contributed by atoms with E-state index in [-0.39, 0.29) is 35.2 Å². The summed E-state index contributed by atoms with van der Waals surface area (Å²) in [7, 11) is -3.63. The Kier molecular flexibility index (Phi) is 5.84. The number of likely N-dealkylation sites (tertiary alicyclic amines) is 1. The van der Waals surface area contributed by atoms with Crippen molar-refractivity contribution in [3.63, 3.8) is 0 Å². The topological polar surface area (TPSA) is 89.7 Å². The monoisotopic (exact) mass is 370 g/mol. The first-order valence-electron chi connectivity index (χ1n) is 7.88. The molecule has 2 rings (SSSR count). The predicted octanol–water partition coefficient (Wildman–Crippen LogP) is 1.87. The average Bonchev–Trinajstić information content (AvgIpc) is 2.80. The fraction of sp³-hybridized carbons (Fsp3) is 0.471. The van der Waals surface area contributed by atoms with E-state index in [9.17, 15) is 17.6 Å². The van der Waals surface area contributed by atoms with Crippen molar-refractivity contribution in [1.29, 1.82) is 0 Å². The maximum absolute atomic E-state index is 12.5. The van der Waals surface area contributed by atoms with E-state index in [1.54, 1.807) is 0 Å². The lowest BCUT2D eigenvalue weighted by Gasteiger charge is -2.19. The molecular formula is C17H23FN2O4S. The van der Waals surface area contributed by atoms with Crippen LogP contribution < -0.4 is 10.5 Å².